The molecule has 0 unspecified atom stereocenters. The van der Waals surface area contributed by atoms with Crippen LogP contribution in [0, 0.1) is 13.8 Å². The zero-order valence-electron chi connectivity index (χ0n) is 12.2. The molecule has 0 aliphatic rings. The number of hydrogen-bond acceptors (Lipinski definition) is 3. The lowest BCUT2D eigenvalue weighted by Crippen LogP contribution is -2.36. The van der Waals surface area contributed by atoms with Crippen LogP contribution in [0.2, 0.25) is 0 Å². The Balaban J connectivity index is 2.40. The fraction of sp³-hybridized carbons (Fsp3) is 0.267. The topological polar surface area (TPSA) is 75.4 Å². The molecule has 110 valence electrons. The van der Waals surface area contributed by atoms with Gasteiger partial charge in [-0.1, -0.05) is 17.7 Å². The van der Waals surface area contributed by atoms with Gasteiger partial charge in [0.15, 0.2) is 0 Å². The molecule has 0 aliphatic carbocycles. The molecule has 1 N–H and O–H groups in total. The van der Waals surface area contributed by atoms with E-state index in [-0.39, 0.29) is 5.91 Å². The van der Waals surface area contributed by atoms with Crippen molar-refractivity contribution >= 4 is 17.6 Å². The van der Waals surface area contributed by atoms with Crippen molar-refractivity contribution in [3.8, 4) is 0 Å². The first-order valence-corrected chi connectivity index (χ1v) is 6.49. The number of benzene rings is 1. The molecule has 2 aromatic rings. The molecule has 21 heavy (non-hydrogen) atoms. The Morgan fingerprint density at radius 3 is 2.33 bits per heavy atom. The molecule has 0 spiro atoms. The number of hydrogen-bond donors (Lipinski definition) is 1. The van der Waals surface area contributed by atoms with Crippen LogP contribution in [0.1, 0.15) is 21.7 Å². The van der Waals surface area contributed by atoms with Crippen LogP contribution in [0.5, 0.6) is 0 Å². The van der Waals surface area contributed by atoms with Crippen LogP contribution in [0.15, 0.2) is 30.3 Å². The van der Waals surface area contributed by atoms with E-state index in [4.69, 9.17) is 5.11 Å². The highest BCUT2D eigenvalue weighted by Crippen LogP contribution is 2.18. The highest BCUT2D eigenvalue weighted by atomic mass is 16.4. The minimum Gasteiger partial charge on any atom is -0.480 e. The number of rotatable bonds is 4. The molecule has 2 rings (SSSR count). The third-order valence-corrected chi connectivity index (χ3v) is 3.11. The Morgan fingerprint density at radius 1 is 1.24 bits per heavy atom. The number of aromatic nitrogens is 2. The molecule has 6 nitrogen and oxygen atoms in total. The number of anilines is 1. The molecule has 0 saturated heterocycles. The Morgan fingerprint density at radius 2 is 1.86 bits per heavy atom. The zero-order valence-corrected chi connectivity index (χ0v) is 12.2. The van der Waals surface area contributed by atoms with Crippen molar-refractivity contribution in [3.63, 3.8) is 0 Å². The Labute approximate surface area is 122 Å². The fourth-order valence-corrected chi connectivity index (χ4v) is 2.09. The number of aryl methyl sites for hydroxylation is 3. The molecular formula is C15H17N3O3. The molecule has 0 aliphatic heterocycles. The van der Waals surface area contributed by atoms with Gasteiger partial charge in [0.05, 0.1) is 5.69 Å². The van der Waals surface area contributed by atoms with Crippen molar-refractivity contribution in [1.29, 1.82) is 0 Å². The fourth-order valence-electron chi connectivity index (χ4n) is 2.09. The number of carboxylic acid groups (broad SMARTS) is 1. The summed E-state index contributed by atoms with van der Waals surface area (Å²) >= 11 is 0. The molecule has 6 heteroatoms. The minimum atomic E-state index is -1.07. The molecule has 0 saturated carbocycles. The number of aliphatic carboxylic acids is 1. The number of carbonyl (C=O) groups excluding carboxylic acids is 1. The Hall–Kier alpha value is -2.63. The predicted octanol–water partition coefficient (Wildman–Crippen LogP) is 1.77. The first-order valence-electron chi connectivity index (χ1n) is 6.49. The molecule has 1 amide bonds. The summed E-state index contributed by atoms with van der Waals surface area (Å²) in [6.07, 6.45) is 0. The maximum absolute atomic E-state index is 12.6. The van der Waals surface area contributed by atoms with E-state index in [1.54, 1.807) is 32.2 Å². The summed E-state index contributed by atoms with van der Waals surface area (Å²) in [5.74, 6) is -1.45. The van der Waals surface area contributed by atoms with Gasteiger partial charge in [0.2, 0.25) is 0 Å². The summed E-state index contributed by atoms with van der Waals surface area (Å²) in [6.45, 7) is 3.31. The zero-order chi connectivity index (χ0) is 15.6. The van der Waals surface area contributed by atoms with Crippen molar-refractivity contribution in [2.75, 3.05) is 11.4 Å². The quantitative estimate of drug-likeness (QED) is 0.930. The summed E-state index contributed by atoms with van der Waals surface area (Å²) in [5, 5.41) is 13.2. The van der Waals surface area contributed by atoms with Gasteiger partial charge in [-0.3, -0.25) is 19.2 Å². The number of amides is 1. The maximum Gasteiger partial charge on any atom is 0.323 e. The van der Waals surface area contributed by atoms with Gasteiger partial charge in [-0.2, -0.15) is 5.10 Å². The maximum atomic E-state index is 12.6. The molecule has 0 atom stereocenters. The Bertz CT molecular complexity index is 674. The van der Waals surface area contributed by atoms with Crippen molar-refractivity contribution in [2.24, 2.45) is 7.05 Å². The average Bonchev–Trinajstić information content (AvgIpc) is 2.75. The molecule has 0 bridgehead atoms. The SMILES string of the molecule is Cc1ccc(N(CC(=O)O)C(=O)c2cc(C)nn2C)cc1. The van der Waals surface area contributed by atoms with Crippen molar-refractivity contribution in [1.82, 2.24) is 9.78 Å². The van der Waals surface area contributed by atoms with Crippen molar-refractivity contribution < 1.29 is 14.7 Å². The minimum absolute atomic E-state index is 0.356. The molecule has 1 aromatic heterocycles. The summed E-state index contributed by atoms with van der Waals surface area (Å²) in [6, 6.07) is 8.79. The van der Waals surface area contributed by atoms with Gasteiger partial charge < -0.3 is 5.11 Å². The third kappa shape index (κ3) is 3.28. The van der Waals surface area contributed by atoms with Crippen LogP contribution in [-0.2, 0) is 11.8 Å². The van der Waals surface area contributed by atoms with Crippen LogP contribution < -0.4 is 4.90 Å². The normalized spacial score (nSPS) is 10.4. The molecule has 0 fully saturated rings. The van der Waals surface area contributed by atoms with Crippen molar-refractivity contribution in [2.45, 2.75) is 13.8 Å². The van der Waals surface area contributed by atoms with Gasteiger partial charge in [-0.25, -0.2) is 0 Å². The Kier molecular flexibility index (Phi) is 4.07. The van der Waals surface area contributed by atoms with E-state index in [1.807, 2.05) is 19.1 Å². The van der Waals surface area contributed by atoms with Gasteiger partial charge in [0.1, 0.15) is 12.2 Å². The van der Waals surface area contributed by atoms with Crippen LogP contribution in [0.4, 0.5) is 5.69 Å². The lowest BCUT2D eigenvalue weighted by Gasteiger charge is -2.21. The van der Waals surface area contributed by atoms with Gasteiger partial charge in [-0.05, 0) is 32.0 Å². The predicted molar refractivity (Wildman–Crippen MR) is 78.4 cm³/mol. The van der Waals surface area contributed by atoms with Gasteiger partial charge in [0, 0.05) is 12.7 Å². The van der Waals surface area contributed by atoms with E-state index >= 15 is 0 Å². The van der Waals surface area contributed by atoms with Crippen LogP contribution >= 0.6 is 0 Å². The summed E-state index contributed by atoms with van der Waals surface area (Å²) in [4.78, 5) is 24.9. The second-order valence-corrected chi connectivity index (χ2v) is 4.92. The molecule has 1 heterocycles. The van der Waals surface area contributed by atoms with E-state index in [9.17, 15) is 9.59 Å². The van der Waals surface area contributed by atoms with Crippen LogP contribution in [0.25, 0.3) is 0 Å². The lowest BCUT2D eigenvalue weighted by molar-refractivity contribution is -0.135. The molecule has 1 aromatic carbocycles. The van der Waals surface area contributed by atoms with E-state index < -0.39 is 12.5 Å². The van der Waals surface area contributed by atoms with Gasteiger partial charge >= 0.3 is 5.97 Å². The summed E-state index contributed by atoms with van der Waals surface area (Å²) in [5.41, 5.74) is 2.65. The van der Waals surface area contributed by atoms with Gasteiger partial charge in [0.25, 0.3) is 5.91 Å². The van der Waals surface area contributed by atoms with E-state index in [1.165, 1.54) is 9.58 Å². The van der Waals surface area contributed by atoms with Crippen molar-refractivity contribution in [3.05, 3.63) is 47.3 Å². The van der Waals surface area contributed by atoms with Gasteiger partial charge in [-0.15, -0.1) is 0 Å². The molecule has 0 radical (unpaired) electrons. The summed E-state index contributed by atoms with van der Waals surface area (Å²) < 4.78 is 1.46. The summed E-state index contributed by atoms with van der Waals surface area (Å²) in [7, 11) is 1.66. The second-order valence-electron chi connectivity index (χ2n) is 4.92. The highest BCUT2D eigenvalue weighted by molar-refractivity contribution is 6.07. The average molecular weight is 287 g/mol. The van der Waals surface area contributed by atoms with E-state index in [2.05, 4.69) is 5.10 Å². The molecular weight excluding hydrogens is 270 g/mol. The third-order valence-electron chi connectivity index (χ3n) is 3.11. The highest BCUT2D eigenvalue weighted by Gasteiger charge is 2.23. The number of carboxylic acids is 1. The second kappa shape index (κ2) is 5.78. The van der Waals surface area contributed by atoms with Crippen LogP contribution in [0.3, 0.4) is 0 Å². The van der Waals surface area contributed by atoms with Crippen LogP contribution in [-0.4, -0.2) is 33.3 Å². The lowest BCUT2D eigenvalue weighted by atomic mass is 10.2. The number of carbonyl (C=O) groups is 2. The smallest absolute Gasteiger partial charge is 0.323 e. The van der Waals surface area contributed by atoms with E-state index in [0.29, 0.717) is 17.1 Å². The largest absolute Gasteiger partial charge is 0.480 e. The first kappa shape index (κ1) is 14.8. The first-order chi connectivity index (χ1) is 9.88. The number of nitrogens with zero attached hydrogens (tertiary/aromatic N) is 3. The van der Waals surface area contributed by atoms with E-state index in [0.717, 1.165) is 5.56 Å². The standard InChI is InChI=1S/C15H17N3O3/c1-10-4-6-12(7-5-10)18(9-14(19)20)15(21)13-8-11(2)16-17(13)3/h4-8H,9H2,1-3H3,(H,19,20). The monoisotopic (exact) mass is 287 g/mol.